The molecule has 1 saturated carbocycles. The van der Waals surface area contributed by atoms with E-state index < -0.39 is 0 Å². The fourth-order valence-corrected chi connectivity index (χ4v) is 1.31. The van der Waals surface area contributed by atoms with E-state index in [0.717, 1.165) is 5.92 Å². The molecule has 0 spiro atoms. The van der Waals surface area contributed by atoms with Gasteiger partial charge in [-0.2, -0.15) is 0 Å². The Labute approximate surface area is 66.6 Å². The Kier molecular flexibility index (Phi) is 11.3. The van der Waals surface area contributed by atoms with Gasteiger partial charge in [-0.25, -0.2) is 0 Å². The fraction of sp³-hybridized carbons (Fsp3) is 1.00. The summed E-state index contributed by atoms with van der Waals surface area (Å²) in [6.07, 6.45) is 7.44. The molecule has 0 radical (unpaired) electrons. The van der Waals surface area contributed by atoms with Crippen molar-refractivity contribution >= 4 is 0 Å². The highest BCUT2D eigenvalue weighted by atomic mass is 16.0. The van der Waals surface area contributed by atoms with Gasteiger partial charge in [0.25, 0.3) is 0 Å². The Morgan fingerprint density at radius 1 is 1.00 bits per heavy atom. The van der Waals surface area contributed by atoms with E-state index in [4.69, 9.17) is 0 Å². The third-order valence-corrected chi connectivity index (χ3v) is 1.89. The van der Waals surface area contributed by atoms with Gasteiger partial charge < -0.3 is 5.48 Å². The van der Waals surface area contributed by atoms with Gasteiger partial charge in [0, 0.05) is 1.43 Å². The van der Waals surface area contributed by atoms with Crippen LogP contribution < -0.4 is 0 Å². The molecular formula is C9H24O. The molecule has 66 valence electrons. The van der Waals surface area contributed by atoms with Gasteiger partial charge in [0.1, 0.15) is 0 Å². The summed E-state index contributed by atoms with van der Waals surface area (Å²) in [6.45, 7) is 6.36. The molecule has 0 aliphatic heterocycles. The van der Waals surface area contributed by atoms with Crippen molar-refractivity contribution in [2.24, 2.45) is 5.92 Å². The van der Waals surface area contributed by atoms with Crippen LogP contribution >= 0.6 is 0 Å². The van der Waals surface area contributed by atoms with Crippen LogP contribution in [0.25, 0.3) is 0 Å². The van der Waals surface area contributed by atoms with E-state index in [-0.39, 0.29) is 6.90 Å². The van der Waals surface area contributed by atoms with Crippen LogP contribution in [0.3, 0.4) is 0 Å². The zero-order valence-electron chi connectivity index (χ0n) is 7.61. The first-order valence-electron chi connectivity index (χ1n) is 4.39. The largest absolute Gasteiger partial charge is 0.412 e. The summed E-state index contributed by atoms with van der Waals surface area (Å²) in [5, 5.41) is 0. The van der Waals surface area contributed by atoms with E-state index in [1.54, 1.807) is 0 Å². The standard InChI is InChI=1S/C7H14.C2H6.H2O.H2/c1-7-5-3-2-4-6-7;1-2;;/h7H,2-6H2,1H3;1-2H3;1H2;1H. The lowest BCUT2D eigenvalue weighted by atomic mass is 9.91. The van der Waals surface area contributed by atoms with Crippen LogP contribution in [-0.4, -0.2) is 5.48 Å². The van der Waals surface area contributed by atoms with Crippen molar-refractivity contribution in [2.45, 2.75) is 52.9 Å². The maximum atomic E-state index is 2.36. The lowest BCUT2D eigenvalue weighted by molar-refractivity contribution is 0.385. The number of hydrogen-bond acceptors (Lipinski definition) is 0. The molecule has 1 heteroatoms. The average Bonchev–Trinajstić information content (AvgIpc) is 1.94. The number of hydrogen-bond donors (Lipinski definition) is 0. The van der Waals surface area contributed by atoms with E-state index >= 15 is 0 Å². The Morgan fingerprint density at radius 3 is 1.60 bits per heavy atom. The van der Waals surface area contributed by atoms with Crippen LogP contribution in [0.1, 0.15) is 54.3 Å². The molecule has 10 heavy (non-hydrogen) atoms. The van der Waals surface area contributed by atoms with Gasteiger partial charge in [-0.1, -0.05) is 52.9 Å². The van der Waals surface area contributed by atoms with Crippen LogP contribution in [0.15, 0.2) is 0 Å². The predicted octanol–water partition coefficient (Wildman–Crippen LogP) is 3.03. The Morgan fingerprint density at radius 2 is 1.40 bits per heavy atom. The first-order valence-corrected chi connectivity index (χ1v) is 4.39. The SMILES string of the molecule is CC.CC1CCCCC1.O.[HH]. The highest BCUT2D eigenvalue weighted by Crippen LogP contribution is 2.21. The third-order valence-electron chi connectivity index (χ3n) is 1.89. The molecule has 0 aromatic carbocycles. The van der Waals surface area contributed by atoms with Crippen molar-refractivity contribution in [1.82, 2.24) is 0 Å². The molecule has 0 saturated heterocycles. The van der Waals surface area contributed by atoms with E-state index in [1.807, 2.05) is 13.8 Å². The molecule has 1 rings (SSSR count). The molecule has 0 unspecified atom stereocenters. The minimum Gasteiger partial charge on any atom is -0.412 e. The fourth-order valence-electron chi connectivity index (χ4n) is 1.31. The van der Waals surface area contributed by atoms with E-state index in [0.29, 0.717) is 0 Å². The van der Waals surface area contributed by atoms with Gasteiger partial charge in [-0.05, 0) is 5.92 Å². The van der Waals surface area contributed by atoms with Crippen LogP contribution in [0.4, 0.5) is 0 Å². The molecule has 1 aliphatic rings. The van der Waals surface area contributed by atoms with Crippen LogP contribution in [0.2, 0.25) is 0 Å². The van der Waals surface area contributed by atoms with Crippen molar-refractivity contribution in [3.8, 4) is 0 Å². The van der Waals surface area contributed by atoms with Gasteiger partial charge in [0.05, 0.1) is 0 Å². The van der Waals surface area contributed by atoms with Crippen LogP contribution in [-0.2, 0) is 0 Å². The second kappa shape index (κ2) is 8.96. The molecule has 0 amide bonds. The highest BCUT2D eigenvalue weighted by molar-refractivity contribution is 4.59. The summed E-state index contributed by atoms with van der Waals surface area (Å²) < 4.78 is 0. The van der Waals surface area contributed by atoms with E-state index in [9.17, 15) is 0 Å². The van der Waals surface area contributed by atoms with E-state index in [1.165, 1.54) is 32.1 Å². The predicted molar refractivity (Wildman–Crippen MR) is 49.3 cm³/mol. The topological polar surface area (TPSA) is 31.5 Å². The molecule has 0 atom stereocenters. The quantitative estimate of drug-likeness (QED) is 0.505. The second-order valence-corrected chi connectivity index (χ2v) is 2.74. The van der Waals surface area contributed by atoms with Crippen molar-refractivity contribution in [3.63, 3.8) is 0 Å². The molecule has 0 heterocycles. The van der Waals surface area contributed by atoms with Crippen LogP contribution in [0.5, 0.6) is 0 Å². The molecule has 0 bridgehead atoms. The van der Waals surface area contributed by atoms with E-state index in [2.05, 4.69) is 6.92 Å². The molecule has 2 N–H and O–H groups in total. The lowest BCUT2D eigenvalue weighted by Gasteiger charge is -2.15. The molecule has 1 fully saturated rings. The highest BCUT2D eigenvalue weighted by Gasteiger charge is 2.05. The summed E-state index contributed by atoms with van der Waals surface area (Å²) in [7, 11) is 0. The summed E-state index contributed by atoms with van der Waals surface area (Å²) in [5.41, 5.74) is 0. The Hall–Kier alpha value is -0.0400. The lowest BCUT2D eigenvalue weighted by Crippen LogP contribution is -1.99. The van der Waals surface area contributed by atoms with Gasteiger partial charge >= 0.3 is 0 Å². The minimum atomic E-state index is 0. The molecule has 0 aromatic rings. The summed E-state index contributed by atoms with van der Waals surface area (Å²) in [5.74, 6) is 1.04. The monoisotopic (exact) mass is 148 g/mol. The molecule has 1 aliphatic carbocycles. The Bertz CT molecular complexity index is 51.5. The van der Waals surface area contributed by atoms with Gasteiger partial charge in [0.15, 0.2) is 0 Å². The maximum Gasteiger partial charge on any atom is 0 e. The molecule has 1 nitrogen and oxygen atoms in total. The summed E-state index contributed by atoms with van der Waals surface area (Å²) >= 11 is 0. The third kappa shape index (κ3) is 6.09. The first-order chi connectivity index (χ1) is 4.39. The maximum absolute atomic E-state index is 2.36. The zero-order valence-corrected chi connectivity index (χ0v) is 7.61. The van der Waals surface area contributed by atoms with Gasteiger partial charge in [-0.15, -0.1) is 0 Å². The summed E-state index contributed by atoms with van der Waals surface area (Å²) in [4.78, 5) is 0. The Balaban J connectivity index is -0.000000149. The zero-order chi connectivity index (χ0) is 7.11. The van der Waals surface area contributed by atoms with Crippen LogP contribution in [0, 0.1) is 5.92 Å². The minimum absolute atomic E-state index is 0. The summed E-state index contributed by atoms with van der Waals surface area (Å²) in [6, 6.07) is 0. The van der Waals surface area contributed by atoms with Crippen molar-refractivity contribution in [1.29, 1.82) is 0 Å². The van der Waals surface area contributed by atoms with Gasteiger partial charge in [0.2, 0.25) is 0 Å². The van der Waals surface area contributed by atoms with Crippen molar-refractivity contribution in [3.05, 3.63) is 0 Å². The molecular weight excluding hydrogens is 124 g/mol. The first kappa shape index (κ1) is 12.6. The smallest absolute Gasteiger partial charge is 0 e. The van der Waals surface area contributed by atoms with Crippen molar-refractivity contribution < 1.29 is 6.90 Å². The average molecular weight is 148 g/mol. The normalized spacial score (nSPS) is 18.3. The number of rotatable bonds is 0. The van der Waals surface area contributed by atoms with Gasteiger partial charge in [-0.3, -0.25) is 0 Å². The molecule has 0 aromatic heterocycles. The second-order valence-electron chi connectivity index (χ2n) is 2.74. The van der Waals surface area contributed by atoms with Crippen molar-refractivity contribution in [2.75, 3.05) is 0 Å².